The van der Waals surface area contributed by atoms with Crippen molar-refractivity contribution in [1.82, 2.24) is 15.0 Å². The molecule has 2 fully saturated rings. The molecule has 6 heteroatoms. The number of hydrogen-bond acceptors (Lipinski definition) is 5. The summed E-state index contributed by atoms with van der Waals surface area (Å²) in [5, 5.41) is 3.73. The largest absolute Gasteiger partial charge is 0.472 e. The molecule has 2 aromatic rings. The highest BCUT2D eigenvalue weighted by Crippen LogP contribution is 2.39. The van der Waals surface area contributed by atoms with Crippen molar-refractivity contribution in [1.29, 1.82) is 0 Å². The first-order valence-corrected chi connectivity index (χ1v) is 8.59. The molecule has 0 N–H and O–H groups in total. The van der Waals surface area contributed by atoms with Crippen LogP contribution in [0.25, 0.3) is 0 Å². The first-order chi connectivity index (χ1) is 11.7. The van der Waals surface area contributed by atoms with Gasteiger partial charge in [0.05, 0.1) is 18.7 Å². The number of furan rings is 1. The highest BCUT2D eigenvalue weighted by molar-refractivity contribution is 5.95. The molecule has 2 aromatic heterocycles. The Morgan fingerprint density at radius 3 is 3.00 bits per heavy atom. The first-order valence-electron chi connectivity index (χ1n) is 8.59. The summed E-state index contributed by atoms with van der Waals surface area (Å²) in [4.78, 5) is 17.2. The third-order valence-corrected chi connectivity index (χ3v) is 5.43. The molecule has 0 unspecified atom stereocenters. The number of rotatable bonds is 3. The van der Waals surface area contributed by atoms with Gasteiger partial charge in [0, 0.05) is 37.2 Å². The van der Waals surface area contributed by atoms with Gasteiger partial charge in [0.1, 0.15) is 11.3 Å². The molecule has 128 valence electrons. The molecule has 1 spiro atoms. The summed E-state index contributed by atoms with van der Waals surface area (Å²) in [7, 11) is 0. The van der Waals surface area contributed by atoms with Crippen LogP contribution in [0.15, 0.2) is 33.7 Å². The summed E-state index contributed by atoms with van der Waals surface area (Å²) < 4.78 is 10.2. The molecule has 24 heavy (non-hydrogen) atoms. The molecule has 0 aromatic carbocycles. The maximum atomic E-state index is 12.7. The van der Waals surface area contributed by atoms with Crippen molar-refractivity contribution in [2.75, 3.05) is 26.2 Å². The van der Waals surface area contributed by atoms with Gasteiger partial charge < -0.3 is 13.8 Å². The normalized spacial score (nSPS) is 24.8. The minimum absolute atomic E-state index is 0.0533. The molecule has 1 atom stereocenters. The Morgan fingerprint density at radius 2 is 2.25 bits per heavy atom. The molecule has 6 nitrogen and oxygen atoms in total. The zero-order valence-corrected chi connectivity index (χ0v) is 14.0. The van der Waals surface area contributed by atoms with Crippen molar-refractivity contribution < 1.29 is 13.7 Å². The van der Waals surface area contributed by atoms with Crippen LogP contribution in [-0.2, 0) is 6.54 Å². The summed E-state index contributed by atoms with van der Waals surface area (Å²) in [5.74, 6) is 0.656. The minimum atomic E-state index is 0.0533. The van der Waals surface area contributed by atoms with Gasteiger partial charge in [0.15, 0.2) is 0 Å². The van der Waals surface area contributed by atoms with Crippen molar-refractivity contribution in [3.63, 3.8) is 0 Å². The summed E-state index contributed by atoms with van der Waals surface area (Å²) in [6.45, 7) is 6.54. The second-order valence-corrected chi connectivity index (χ2v) is 7.22. The van der Waals surface area contributed by atoms with Gasteiger partial charge in [-0.05, 0) is 38.8 Å². The second kappa shape index (κ2) is 6.09. The lowest BCUT2D eigenvalue weighted by atomic mass is 9.79. The van der Waals surface area contributed by atoms with Crippen LogP contribution < -0.4 is 0 Å². The van der Waals surface area contributed by atoms with Crippen LogP contribution in [0.4, 0.5) is 0 Å². The van der Waals surface area contributed by atoms with E-state index >= 15 is 0 Å². The Morgan fingerprint density at radius 1 is 1.33 bits per heavy atom. The monoisotopic (exact) mass is 329 g/mol. The molecule has 2 saturated heterocycles. The maximum absolute atomic E-state index is 12.7. The van der Waals surface area contributed by atoms with Crippen molar-refractivity contribution in [3.05, 3.63) is 41.7 Å². The molecule has 2 aliphatic heterocycles. The SMILES string of the molecule is Cc1oncc1C(=O)N1CC[C@]2(CCCN(Cc3ccoc3)C2)C1. The second-order valence-electron chi connectivity index (χ2n) is 7.22. The number of hydrogen-bond donors (Lipinski definition) is 0. The molecule has 0 bridgehead atoms. The van der Waals surface area contributed by atoms with E-state index in [1.165, 1.54) is 24.6 Å². The lowest BCUT2D eigenvalue weighted by molar-refractivity contribution is 0.0673. The Labute approximate surface area is 141 Å². The van der Waals surface area contributed by atoms with E-state index in [-0.39, 0.29) is 11.3 Å². The highest BCUT2D eigenvalue weighted by Gasteiger charge is 2.43. The average molecular weight is 329 g/mol. The number of likely N-dealkylation sites (tertiary alicyclic amines) is 2. The quantitative estimate of drug-likeness (QED) is 0.866. The molecular weight excluding hydrogens is 306 g/mol. The van der Waals surface area contributed by atoms with E-state index in [0.29, 0.717) is 11.3 Å². The lowest BCUT2D eigenvalue weighted by Crippen LogP contribution is -2.45. The van der Waals surface area contributed by atoms with E-state index in [2.05, 4.69) is 10.1 Å². The molecule has 2 aliphatic rings. The third-order valence-electron chi connectivity index (χ3n) is 5.43. The smallest absolute Gasteiger partial charge is 0.259 e. The molecule has 0 saturated carbocycles. The van der Waals surface area contributed by atoms with Gasteiger partial charge in [-0.15, -0.1) is 0 Å². The first kappa shape index (κ1) is 15.4. The molecule has 4 rings (SSSR count). The molecular formula is C18H23N3O3. The van der Waals surface area contributed by atoms with Crippen molar-refractivity contribution in [2.24, 2.45) is 5.41 Å². The fraction of sp³-hybridized carbons (Fsp3) is 0.556. The van der Waals surface area contributed by atoms with Crippen LogP contribution in [0.2, 0.25) is 0 Å². The van der Waals surface area contributed by atoms with Gasteiger partial charge >= 0.3 is 0 Å². The number of piperidine rings is 1. The zero-order valence-electron chi connectivity index (χ0n) is 14.0. The molecule has 1 amide bonds. The van der Waals surface area contributed by atoms with E-state index in [0.717, 1.165) is 39.1 Å². The van der Waals surface area contributed by atoms with Crippen LogP contribution >= 0.6 is 0 Å². The van der Waals surface area contributed by atoms with Gasteiger partial charge in [-0.3, -0.25) is 9.69 Å². The van der Waals surface area contributed by atoms with E-state index in [1.807, 2.05) is 17.2 Å². The standard InChI is InChI=1S/C18H23N3O3/c1-14-16(9-19-24-14)17(22)21-7-5-18(13-21)4-2-6-20(12-18)10-15-3-8-23-11-15/h3,8-9,11H,2,4-7,10,12-13H2,1H3/t18-/m0/s1. The Bertz CT molecular complexity index is 709. The molecule has 0 radical (unpaired) electrons. The Kier molecular flexibility index (Phi) is 3.92. The van der Waals surface area contributed by atoms with Crippen LogP contribution in [0.3, 0.4) is 0 Å². The van der Waals surface area contributed by atoms with E-state index in [4.69, 9.17) is 8.94 Å². The summed E-state index contributed by atoms with van der Waals surface area (Å²) >= 11 is 0. The summed E-state index contributed by atoms with van der Waals surface area (Å²) in [5.41, 5.74) is 2.04. The Hall–Kier alpha value is -2.08. The topological polar surface area (TPSA) is 62.7 Å². The predicted molar refractivity (Wildman–Crippen MR) is 87.4 cm³/mol. The van der Waals surface area contributed by atoms with Crippen LogP contribution in [0.1, 0.15) is 40.9 Å². The number of carbonyl (C=O) groups excluding carboxylic acids is 1. The highest BCUT2D eigenvalue weighted by atomic mass is 16.5. The maximum Gasteiger partial charge on any atom is 0.259 e. The van der Waals surface area contributed by atoms with Crippen LogP contribution in [-0.4, -0.2) is 47.0 Å². The predicted octanol–water partition coefficient (Wildman–Crippen LogP) is 2.70. The van der Waals surface area contributed by atoms with Crippen molar-refractivity contribution >= 4 is 5.91 Å². The average Bonchev–Trinajstić information content (AvgIpc) is 3.29. The van der Waals surface area contributed by atoms with Crippen molar-refractivity contribution in [2.45, 2.75) is 32.7 Å². The Balaban J connectivity index is 1.43. The van der Waals surface area contributed by atoms with E-state index in [9.17, 15) is 4.79 Å². The number of amides is 1. The van der Waals surface area contributed by atoms with Gasteiger partial charge in [-0.1, -0.05) is 5.16 Å². The van der Waals surface area contributed by atoms with Gasteiger partial charge in [-0.2, -0.15) is 0 Å². The van der Waals surface area contributed by atoms with Gasteiger partial charge in [-0.25, -0.2) is 0 Å². The summed E-state index contributed by atoms with van der Waals surface area (Å²) in [6, 6.07) is 2.03. The van der Waals surface area contributed by atoms with Gasteiger partial charge in [0.2, 0.25) is 0 Å². The lowest BCUT2D eigenvalue weighted by Gasteiger charge is -2.40. The van der Waals surface area contributed by atoms with Crippen LogP contribution in [0, 0.1) is 12.3 Å². The van der Waals surface area contributed by atoms with Gasteiger partial charge in [0.25, 0.3) is 5.91 Å². The fourth-order valence-corrected chi connectivity index (χ4v) is 4.20. The molecule has 4 heterocycles. The summed E-state index contributed by atoms with van der Waals surface area (Å²) in [6.07, 6.45) is 8.54. The zero-order chi connectivity index (χ0) is 16.6. The van der Waals surface area contributed by atoms with Crippen LogP contribution in [0.5, 0.6) is 0 Å². The van der Waals surface area contributed by atoms with Crippen molar-refractivity contribution in [3.8, 4) is 0 Å². The number of aryl methyl sites for hydroxylation is 1. The molecule has 0 aliphatic carbocycles. The number of nitrogens with zero attached hydrogens (tertiary/aromatic N) is 3. The van der Waals surface area contributed by atoms with E-state index < -0.39 is 0 Å². The minimum Gasteiger partial charge on any atom is -0.472 e. The fourth-order valence-electron chi connectivity index (χ4n) is 4.20. The number of aromatic nitrogens is 1. The van der Waals surface area contributed by atoms with E-state index in [1.54, 1.807) is 13.2 Å². The number of carbonyl (C=O) groups is 1. The third kappa shape index (κ3) is 2.86.